The lowest BCUT2D eigenvalue weighted by Gasteiger charge is -2.18. The van der Waals surface area contributed by atoms with Gasteiger partial charge in [-0.1, -0.05) is 36.4 Å². The Hall–Kier alpha value is -3.45. The van der Waals surface area contributed by atoms with Gasteiger partial charge in [-0.3, -0.25) is 9.59 Å². The monoisotopic (exact) mass is 375 g/mol. The summed E-state index contributed by atoms with van der Waals surface area (Å²) in [4.78, 5) is 32.2. The normalized spacial score (nSPS) is 13.6. The van der Waals surface area contributed by atoms with Crippen molar-refractivity contribution in [3.05, 3.63) is 83.4 Å². The fourth-order valence-electron chi connectivity index (χ4n) is 3.32. The molecule has 1 aromatic heterocycles. The third-order valence-electron chi connectivity index (χ3n) is 4.76. The van der Waals surface area contributed by atoms with Gasteiger partial charge < -0.3 is 20.9 Å². The van der Waals surface area contributed by atoms with Crippen molar-refractivity contribution < 1.29 is 9.59 Å². The molecule has 4 rings (SSSR count). The van der Waals surface area contributed by atoms with Crippen LogP contribution >= 0.6 is 0 Å². The number of rotatable bonds is 5. The van der Waals surface area contributed by atoms with Crippen LogP contribution in [0.3, 0.4) is 0 Å². The first kappa shape index (κ1) is 17.9. The number of aromatic nitrogens is 2. The van der Waals surface area contributed by atoms with Gasteiger partial charge >= 0.3 is 11.8 Å². The molecule has 0 spiro atoms. The molecule has 0 radical (unpaired) electrons. The fourth-order valence-corrected chi connectivity index (χ4v) is 3.32. The maximum absolute atomic E-state index is 12.5. The molecule has 1 aliphatic heterocycles. The Balaban J connectivity index is 1.45. The first-order valence-corrected chi connectivity index (χ1v) is 9.16. The highest BCUT2D eigenvalue weighted by Gasteiger charge is 2.21. The Morgan fingerprint density at radius 3 is 2.64 bits per heavy atom. The molecule has 2 heterocycles. The molecule has 0 fully saturated rings. The Morgan fingerprint density at radius 2 is 1.86 bits per heavy atom. The third kappa shape index (κ3) is 4.10. The first-order chi connectivity index (χ1) is 13.7. The predicted octanol–water partition coefficient (Wildman–Crippen LogP) is 2.05. The molecule has 2 amide bonds. The van der Waals surface area contributed by atoms with Crippen molar-refractivity contribution in [3.8, 4) is 0 Å². The van der Waals surface area contributed by atoms with Crippen LogP contribution in [0.15, 0.2) is 60.9 Å². The Morgan fingerprint density at radius 1 is 1.04 bits per heavy atom. The Labute approximate surface area is 162 Å². The number of nitrogens with zero attached hydrogens (tertiary/aromatic N) is 1. The second-order valence-corrected chi connectivity index (χ2v) is 6.72. The number of fused-ring (bicyclic) bond motifs is 1. The van der Waals surface area contributed by atoms with E-state index in [1.54, 1.807) is 12.4 Å². The molecule has 0 saturated heterocycles. The molecule has 3 aromatic rings. The zero-order chi connectivity index (χ0) is 19.3. The number of hydrogen-bond acceptors (Lipinski definition) is 4. The maximum atomic E-state index is 12.5. The van der Waals surface area contributed by atoms with E-state index < -0.39 is 11.8 Å². The van der Waals surface area contributed by atoms with Gasteiger partial charge in [-0.05, 0) is 28.8 Å². The van der Waals surface area contributed by atoms with Crippen LogP contribution < -0.4 is 16.0 Å². The van der Waals surface area contributed by atoms with Crippen LogP contribution in [-0.2, 0) is 29.1 Å². The summed E-state index contributed by atoms with van der Waals surface area (Å²) in [5.74, 6) is -0.633. The molecular weight excluding hydrogens is 354 g/mol. The average Bonchev–Trinajstić information content (AvgIpc) is 3.39. The highest BCUT2D eigenvalue weighted by molar-refractivity contribution is 6.39. The van der Waals surface area contributed by atoms with E-state index in [9.17, 15) is 9.59 Å². The maximum Gasteiger partial charge on any atom is 0.313 e. The lowest BCUT2D eigenvalue weighted by atomic mass is 10.0. The number of H-pyrrole nitrogens is 1. The molecular formula is C21H21N5O2. The molecule has 1 aliphatic rings. The van der Waals surface area contributed by atoms with Crippen molar-refractivity contribution in [2.45, 2.75) is 25.6 Å². The highest BCUT2D eigenvalue weighted by atomic mass is 16.2. The van der Waals surface area contributed by atoms with Gasteiger partial charge in [0.2, 0.25) is 0 Å². The van der Waals surface area contributed by atoms with Crippen LogP contribution in [0.1, 0.15) is 28.6 Å². The number of nitrogens with one attached hydrogen (secondary N) is 4. The quantitative estimate of drug-likeness (QED) is 0.513. The molecule has 0 saturated carbocycles. The number of imidazole rings is 1. The van der Waals surface area contributed by atoms with Gasteiger partial charge in [-0.2, -0.15) is 0 Å². The van der Waals surface area contributed by atoms with Crippen LogP contribution in [0, 0.1) is 0 Å². The van der Waals surface area contributed by atoms with E-state index in [1.165, 1.54) is 5.56 Å². The van der Waals surface area contributed by atoms with Gasteiger partial charge in [-0.15, -0.1) is 0 Å². The molecule has 7 nitrogen and oxygen atoms in total. The smallest absolute Gasteiger partial charge is 0.313 e. The van der Waals surface area contributed by atoms with Crippen molar-refractivity contribution in [1.82, 2.24) is 20.6 Å². The summed E-state index contributed by atoms with van der Waals surface area (Å²) < 4.78 is 0. The Kier molecular flexibility index (Phi) is 5.16. The van der Waals surface area contributed by atoms with E-state index in [0.717, 1.165) is 30.0 Å². The minimum Gasteiger partial charge on any atom is -0.349 e. The summed E-state index contributed by atoms with van der Waals surface area (Å²) in [7, 11) is 0. The Bertz CT molecular complexity index is 970. The molecule has 1 atom stereocenters. The SMILES string of the molecule is O=C(Nc1ccc2c(c1)CNC2)C(=O)NC(Cc1ncc[nH]1)c1ccccc1. The van der Waals surface area contributed by atoms with E-state index in [1.807, 2.05) is 48.5 Å². The van der Waals surface area contributed by atoms with Gasteiger partial charge in [0.05, 0.1) is 6.04 Å². The molecule has 7 heteroatoms. The summed E-state index contributed by atoms with van der Waals surface area (Å²) in [6, 6.07) is 14.8. The van der Waals surface area contributed by atoms with Crippen LogP contribution in [0.5, 0.6) is 0 Å². The largest absolute Gasteiger partial charge is 0.349 e. The van der Waals surface area contributed by atoms with Crippen LogP contribution in [0.4, 0.5) is 5.69 Å². The number of aromatic amines is 1. The van der Waals surface area contributed by atoms with Gasteiger partial charge in [0.1, 0.15) is 5.82 Å². The summed E-state index contributed by atoms with van der Waals surface area (Å²) >= 11 is 0. The zero-order valence-corrected chi connectivity index (χ0v) is 15.2. The summed E-state index contributed by atoms with van der Waals surface area (Å²) in [5.41, 5.74) is 3.87. The first-order valence-electron chi connectivity index (χ1n) is 9.16. The van der Waals surface area contributed by atoms with E-state index in [2.05, 4.69) is 25.9 Å². The summed E-state index contributed by atoms with van der Waals surface area (Å²) in [6.07, 6.45) is 3.85. The van der Waals surface area contributed by atoms with Crippen LogP contribution in [0.25, 0.3) is 0 Å². The number of hydrogen-bond donors (Lipinski definition) is 4. The minimum absolute atomic E-state index is 0.366. The second kappa shape index (κ2) is 8.06. The van der Waals surface area contributed by atoms with Crippen molar-refractivity contribution in [2.75, 3.05) is 5.32 Å². The van der Waals surface area contributed by atoms with Gasteiger partial charge in [0.25, 0.3) is 0 Å². The fraction of sp³-hybridized carbons (Fsp3) is 0.190. The van der Waals surface area contributed by atoms with Gasteiger partial charge in [-0.25, -0.2) is 4.98 Å². The number of anilines is 1. The van der Waals surface area contributed by atoms with Crippen LogP contribution in [-0.4, -0.2) is 21.8 Å². The third-order valence-corrected chi connectivity index (χ3v) is 4.76. The van der Waals surface area contributed by atoms with E-state index in [4.69, 9.17) is 0 Å². The summed E-state index contributed by atoms with van der Waals surface area (Å²) in [5, 5.41) is 8.76. The van der Waals surface area contributed by atoms with Crippen molar-refractivity contribution in [2.24, 2.45) is 0 Å². The van der Waals surface area contributed by atoms with Gasteiger partial charge in [0.15, 0.2) is 0 Å². The zero-order valence-electron chi connectivity index (χ0n) is 15.2. The van der Waals surface area contributed by atoms with E-state index >= 15 is 0 Å². The predicted molar refractivity (Wildman–Crippen MR) is 105 cm³/mol. The number of benzene rings is 2. The van der Waals surface area contributed by atoms with E-state index in [0.29, 0.717) is 12.1 Å². The molecule has 0 bridgehead atoms. The second-order valence-electron chi connectivity index (χ2n) is 6.72. The number of carbonyl (C=O) groups excluding carboxylic acids is 2. The minimum atomic E-state index is -0.689. The molecule has 1 unspecified atom stereocenters. The number of carbonyl (C=O) groups is 2. The summed E-state index contributed by atoms with van der Waals surface area (Å²) in [6.45, 7) is 1.60. The molecule has 4 N–H and O–H groups in total. The van der Waals surface area contributed by atoms with E-state index in [-0.39, 0.29) is 6.04 Å². The lowest BCUT2D eigenvalue weighted by molar-refractivity contribution is -0.136. The van der Waals surface area contributed by atoms with Crippen LogP contribution in [0.2, 0.25) is 0 Å². The van der Waals surface area contributed by atoms with Crippen molar-refractivity contribution >= 4 is 17.5 Å². The standard InChI is InChI=1S/C21H21N5O2/c27-20(25-17-7-6-15-12-22-13-16(15)10-17)21(28)26-18(11-19-23-8-9-24-19)14-4-2-1-3-5-14/h1-10,18,22H,11-13H2,(H,23,24)(H,25,27)(H,26,28). The molecule has 28 heavy (non-hydrogen) atoms. The highest BCUT2D eigenvalue weighted by Crippen LogP contribution is 2.20. The van der Waals surface area contributed by atoms with Crippen molar-refractivity contribution in [1.29, 1.82) is 0 Å². The topological polar surface area (TPSA) is 98.9 Å². The molecule has 2 aromatic carbocycles. The lowest BCUT2D eigenvalue weighted by Crippen LogP contribution is -2.38. The molecule has 142 valence electrons. The van der Waals surface area contributed by atoms with Crippen molar-refractivity contribution in [3.63, 3.8) is 0 Å². The number of amides is 2. The van der Waals surface area contributed by atoms with Gasteiger partial charge in [0, 0.05) is 37.6 Å². The molecule has 0 aliphatic carbocycles. The average molecular weight is 375 g/mol.